The summed E-state index contributed by atoms with van der Waals surface area (Å²) in [4.78, 5) is 16.7. The molecule has 1 atom stereocenters. The number of nitrogens with one attached hydrogen (secondary N) is 2. The van der Waals surface area contributed by atoms with Crippen molar-refractivity contribution in [3.63, 3.8) is 0 Å². The molecule has 1 amide bonds. The number of aliphatic imine (C=N–C) groups is 1. The molecule has 0 bridgehead atoms. The van der Waals surface area contributed by atoms with Gasteiger partial charge in [-0.15, -0.1) is 35.7 Å². The minimum atomic E-state index is -0.481. The van der Waals surface area contributed by atoms with E-state index in [1.54, 1.807) is 0 Å². The van der Waals surface area contributed by atoms with E-state index in [1.807, 2.05) is 42.1 Å². The minimum absolute atomic E-state index is 0. The van der Waals surface area contributed by atoms with E-state index in [-0.39, 0.29) is 30.6 Å². The zero-order valence-electron chi connectivity index (χ0n) is 17.5. The number of rotatable bonds is 11. The third-order valence-electron chi connectivity index (χ3n) is 3.94. The molecule has 2 rings (SSSR count). The number of carbonyl (C=O) groups excluding carboxylic acids is 1. The van der Waals surface area contributed by atoms with Crippen LogP contribution in [0.3, 0.4) is 0 Å². The number of nitrogens with two attached hydrogens (primary N) is 1. The molecule has 0 spiro atoms. The Hall–Kier alpha value is -1.94. The van der Waals surface area contributed by atoms with Gasteiger partial charge in [-0.25, -0.2) is 0 Å². The maximum atomic E-state index is 10.8. The lowest BCUT2D eigenvalue weighted by atomic mass is 10.1. The standard InChI is InChI=1S/C22H30N4O2S.HI/c1-3-24-22(26-15-17(2)29-20-7-5-4-6-8-20)25-14-13-18-9-11-19(12-10-18)28-16-21(23)27;/h4-12,17H,3,13-16H2,1-2H3,(H2,23,27)(H2,24,25,26);1H. The van der Waals surface area contributed by atoms with Gasteiger partial charge in [0.1, 0.15) is 5.75 Å². The molecule has 30 heavy (non-hydrogen) atoms. The number of hydrogen-bond donors (Lipinski definition) is 3. The molecule has 164 valence electrons. The maximum Gasteiger partial charge on any atom is 0.255 e. The van der Waals surface area contributed by atoms with Crippen LogP contribution >= 0.6 is 35.7 Å². The second-order valence-corrected chi connectivity index (χ2v) is 8.05. The summed E-state index contributed by atoms with van der Waals surface area (Å²) in [5.41, 5.74) is 6.25. The zero-order chi connectivity index (χ0) is 20.9. The number of thioether (sulfide) groups is 1. The quantitative estimate of drug-likeness (QED) is 0.175. The van der Waals surface area contributed by atoms with Gasteiger partial charge in [0.05, 0.1) is 6.54 Å². The highest BCUT2D eigenvalue weighted by atomic mass is 127. The van der Waals surface area contributed by atoms with Crippen LogP contribution < -0.4 is 21.1 Å². The van der Waals surface area contributed by atoms with E-state index in [0.29, 0.717) is 11.0 Å². The Morgan fingerprint density at radius 2 is 1.83 bits per heavy atom. The van der Waals surface area contributed by atoms with Crippen LogP contribution in [0, 0.1) is 0 Å². The molecule has 2 aromatic rings. The highest BCUT2D eigenvalue weighted by Gasteiger charge is 2.05. The van der Waals surface area contributed by atoms with Gasteiger partial charge in [-0.05, 0) is 43.2 Å². The lowest BCUT2D eigenvalue weighted by Crippen LogP contribution is -2.38. The first-order valence-corrected chi connectivity index (χ1v) is 10.7. The second kappa shape index (κ2) is 15.0. The highest BCUT2D eigenvalue weighted by Crippen LogP contribution is 2.22. The fraction of sp³-hybridized carbons (Fsp3) is 0.364. The smallest absolute Gasteiger partial charge is 0.255 e. The summed E-state index contributed by atoms with van der Waals surface area (Å²) in [7, 11) is 0. The average Bonchev–Trinajstić information content (AvgIpc) is 2.72. The molecular formula is C22H31IN4O2S. The van der Waals surface area contributed by atoms with Crippen LogP contribution in [0.4, 0.5) is 0 Å². The van der Waals surface area contributed by atoms with E-state index in [4.69, 9.17) is 15.5 Å². The van der Waals surface area contributed by atoms with Gasteiger partial charge in [0.25, 0.3) is 5.91 Å². The molecule has 4 N–H and O–H groups in total. The summed E-state index contributed by atoms with van der Waals surface area (Å²) < 4.78 is 5.27. The van der Waals surface area contributed by atoms with Crippen LogP contribution in [-0.4, -0.2) is 43.4 Å². The maximum absolute atomic E-state index is 10.8. The Morgan fingerprint density at radius 1 is 1.13 bits per heavy atom. The third-order valence-corrected chi connectivity index (χ3v) is 5.04. The first-order valence-electron chi connectivity index (χ1n) is 9.80. The molecule has 0 saturated carbocycles. The van der Waals surface area contributed by atoms with E-state index in [9.17, 15) is 4.79 Å². The zero-order valence-corrected chi connectivity index (χ0v) is 20.6. The Balaban J connectivity index is 0.00000450. The molecule has 0 saturated heterocycles. The Bertz CT molecular complexity index is 772. The molecule has 1 unspecified atom stereocenters. The molecule has 0 aliphatic carbocycles. The summed E-state index contributed by atoms with van der Waals surface area (Å²) in [6, 6.07) is 18.1. The monoisotopic (exact) mass is 542 g/mol. The van der Waals surface area contributed by atoms with Gasteiger partial charge in [0.15, 0.2) is 12.6 Å². The lowest BCUT2D eigenvalue weighted by Gasteiger charge is -2.13. The fourth-order valence-corrected chi connectivity index (χ4v) is 3.49. The summed E-state index contributed by atoms with van der Waals surface area (Å²) >= 11 is 1.83. The number of ether oxygens (including phenoxy) is 1. The number of benzene rings is 2. The molecule has 0 aromatic heterocycles. The van der Waals surface area contributed by atoms with Gasteiger partial charge in [-0.3, -0.25) is 9.79 Å². The van der Waals surface area contributed by atoms with E-state index in [1.165, 1.54) is 10.5 Å². The molecular weight excluding hydrogens is 511 g/mol. The average molecular weight is 542 g/mol. The van der Waals surface area contributed by atoms with Gasteiger partial charge >= 0.3 is 0 Å². The predicted molar refractivity (Wildman–Crippen MR) is 136 cm³/mol. The number of carbonyl (C=O) groups is 1. The van der Waals surface area contributed by atoms with Crippen LogP contribution in [-0.2, 0) is 11.2 Å². The van der Waals surface area contributed by atoms with Crippen molar-refractivity contribution in [3.8, 4) is 5.75 Å². The van der Waals surface area contributed by atoms with Crippen molar-refractivity contribution >= 4 is 47.6 Å². The largest absolute Gasteiger partial charge is 0.484 e. The van der Waals surface area contributed by atoms with Gasteiger partial charge < -0.3 is 21.1 Å². The topological polar surface area (TPSA) is 88.7 Å². The molecule has 8 heteroatoms. The Labute approximate surface area is 200 Å². The van der Waals surface area contributed by atoms with Gasteiger partial charge in [-0.1, -0.05) is 37.3 Å². The summed E-state index contributed by atoms with van der Waals surface area (Å²) in [6.07, 6.45) is 0.856. The van der Waals surface area contributed by atoms with Crippen molar-refractivity contribution in [1.82, 2.24) is 10.6 Å². The Kier molecular flexibility index (Phi) is 13.0. The molecule has 6 nitrogen and oxygen atoms in total. The number of guanidine groups is 1. The van der Waals surface area contributed by atoms with Crippen LogP contribution in [0.2, 0.25) is 0 Å². The SMILES string of the molecule is CCNC(=NCC(C)Sc1ccccc1)NCCc1ccc(OCC(N)=O)cc1.I. The van der Waals surface area contributed by atoms with Crippen LogP contribution in [0.5, 0.6) is 5.75 Å². The first kappa shape index (κ1) is 26.1. The number of amides is 1. The van der Waals surface area contributed by atoms with Gasteiger partial charge in [0.2, 0.25) is 0 Å². The van der Waals surface area contributed by atoms with Crippen molar-refractivity contribution in [3.05, 3.63) is 60.2 Å². The van der Waals surface area contributed by atoms with Crippen LogP contribution in [0.15, 0.2) is 64.5 Å². The molecule has 0 heterocycles. The van der Waals surface area contributed by atoms with Crippen LogP contribution in [0.25, 0.3) is 0 Å². The number of primary amides is 1. The van der Waals surface area contributed by atoms with Crippen molar-refractivity contribution < 1.29 is 9.53 Å². The first-order chi connectivity index (χ1) is 14.1. The third kappa shape index (κ3) is 10.7. The second-order valence-electron chi connectivity index (χ2n) is 6.54. The summed E-state index contributed by atoms with van der Waals surface area (Å²) in [5, 5.41) is 7.06. The number of nitrogens with zero attached hydrogens (tertiary/aromatic N) is 1. The summed E-state index contributed by atoms with van der Waals surface area (Å²) in [6.45, 7) is 6.47. The Morgan fingerprint density at radius 3 is 2.47 bits per heavy atom. The summed E-state index contributed by atoms with van der Waals surface area (Å²) in [5.74, 6) is 0.986. The lowest BCUT2D eigenvalue weighted by molar-refractivity contribution is -0.119. The van der Waals surface area contributed by atoms with Crippen LogP contribution in [0.1, 0.15) is 19.4 Å². The fourth-order valence-electron chi connectivity index (χ4n) is 2.56. The predicted octanol–water partition coefficient (Wildman–Crippen LogP) is 3.45. The van der Waals surface area contributed by atoms with E-state index in [2.05, 4.69) is 48.7 Å². The van der Waals surface area contributed by atoms with E-state index in [0.717, 1.165) is 32.0 Å². The van der Waals surface area contributed by atoms with Crippen molar-refractivity contribution in [2.24, 2.45) is 10.7 Å². The van der Waals surface area contributed by atoms with Crippen molar-refractivity contribution in [2.75, 3.05) is 26.2 Å². The minimum Gasteiger partial charge on any atom is -0.484 e. The molecule has 0 radical (unpaired) electrons. The molecule has 2 aromatic carbocycles. The molecule has 0 aliphatic rings. The molecule has 0 aliphatic heterocycles. The number of hydrogen-bond acceptors (Lipinski definition) is 4. The number of halogens is 1. The van der Waals surface area contributed by atoms with Crippen molar-refractivity contribution in [2.45, 2.75) is 30.4 Å². The highest BCUT2D eigenvalue weighted by molar-refractivity contribution is 14.0. The van der Waals surface area contributed by atoms with Gasteiger partial charge in [0, 0.05) is 23.2 Å². The van der Waals surface area contributed by atoms with E-state index >= 15 is 0 Å². The van der Waals surface area contributed by atoms with Gasteiger partial charge in [-0.2, -0.15) is 0 Å². The molecule has 0 fully saturated rings. The van der Waals surface area contributed by atoms with Crippen molar-refractivity contribution in [1.29, 1.82) is 0 Å². The van der Waals surface area contributed by atoms with E-state index < -0.39 is 5.91 Å². The normalized spacial score (nSPS) is 11.9.